The quantitative estimate of drug-likeness (QED) is 0.170. The largest absolute Gasteiger partial charge is 0.455 e. The SMILES string of the molecule is CC(C)[C@@H]1NC(=O)C(C)(C)/C=C/c2ccc3ccc(nc3c2)[C@@H](C)OC(=O)[C@@H]2CCCN(N2)C(=O)[C@H](CO[Si](c2ccccc2)(c2ccccc2)C(C)(C)C)NC1=O. The third-order valence-electron chi connectivity index (χ3n) is 11.2. The molecule has 3 aromatic carbocycles. The summed E-state index contributed by atoms with van der Waals surface area (Å²) in [6.07, 6.45) is 3.97. The molecule has 0 saturated carbocycles. The van der Waals surface area contributed by atoms with Crippen molar-refractivity contribution >= 4 is 59.4 Å². The van der Waals surface area contributed by atoms with Crippen LogP contribution in [0.25, 0.3) is 17.0 Å². The van der Waals surface area contributed by atoms with Crippen molar-refractivity contribution in [1.29, 1.82) is 0 Å². The number of nitrogens with zero attached hydrogens (tertiary/aromatic N) is 2. The molecule has 1 aromatic heterocycles. The maximum atomic E-state index is 14.8. The van der Waals surface area contributed by atoms with Gasteiger partial charge in [0.2, 0.25) is 11.8 Å². The van der Waals surface area contributed by atoms with E-state index in [2.05, 4.69) is 61.1 Å². The van der Waals surface area contributed by atoms with Gasteiger partial charge in [0.1, 0.15) is 24.2 Å². The van der Waals surface area contributed by atoms with Crippen molar-refractivity contribution in [2.75, 3.05) is 13.2 Å². The molecule has 3 heterocycles. The molecule has 2 aliphatic heterocycles. The summed E-state index contributed by atoms with van der Waals surface area (Å²) < 4.78 is 13.2. The molecule has 6 rings (SSSR count). The highest BCUT2D eigenvalue weighted by molar-refractivity contribution is 6.99. The second-order valence-corrected chi connectivity index (χ2v) is 21.7. The Morgan fingerprint density at radius 1 is 0.914 bits per heavy atom. The fraction of sp³-hybridized carbons (Fsp3) is 0.413. The van der Waals surface area contributed by atoms with Crippen molar-refractivity contribution in [1.82, 2.24) is 26.1 Å². The van der Waals surface area contributed by atoms with Crippen molar-refractivity contribution < 1.29 is 28.3 Å². The number of hydrogen-bond acceptors (Lipinski definition) is 8. The number of carbonyl (C=O) groups is 4. The van der Waals surface area contributed by atoms with Crippen LogP contribution >= 0.6 is 0 Å². The van der Waals surface area contributed by atoms with Crippen molar-refractivity contribution in [2.24, 2.45) is 11.3 Å². The minimum absolute atomic E-state index is 0.165. The Balaban J connectivity index is 1.40. The Hall–Kier alpha value is -5.17. The van der Waals surface area contributed by atoms with E-state index in [4.69, 9.17) is 14.1 Å². The predicted octanol–water partition coefficient (Wildman–Crippen LogP) is 5.59. The summed E-state index contributed by atoms with van der Waals surface area (Å²) >= 11 is 0. The highest BCUT2D eigenvalue weighted by Crippen LogP contribution is 2.37. The summed E-state index contributed by atoms with van der Waals surface area (Å²) in [6.45, 7) is 15.6. The molecule has 0 aliphatic carbocycles. The molecule has 58 heavy (non-hydrogen) atoms. The number of carbonyl (C=O) groups excluding carboxylic acids is 4. The Morgan fingerprint density at radius 3 is 2.17 bits per heavy atom. The zero-order valence-electron chi connectivity index (χ0n) is 34.9. The number of hydrogen-bond donors (Lipinski definition) is 3. The van der Waals surface area contributed by atoms with Gasteiger partial charge in [-0.3, -0.25) is 24.2 Å². The fourth-order valence-corrected chi connectivity index (χ4v) is 12.3. The number of fused-ring (bicyclic) bond motifs is 4. The highest BCUT2D eigenvalue weighted by atomic mass is 28.4. The molecular weight excluding hydrogens is 747 g/mol. The smallest absolute Gasteiger partial charge is 0.325 e. The minimum atomic E-state index is -3.16. The summed E-state index contributed by atoms with van der Waals surface area (Å²) in [4.78, 5) is 61.7. The predicted molar refractivity (Wildman–Crippen MR) is 229 cm³/mol. The molecule has 1 saturated heterocycles. The van der Waals surface area contributed by atoms with Gasteiger partial charge in [-0.2, -0.15) is 0 Å². The zero-order chi connectivity index (χ0) is 41.8. The maximum Gasteiger partial charge on any atom is 0.325 e. The molecule has 11 nitrogen and oxygen atoms in total. The lowest BCUT2D eigenvalue weighted by Gasteiger charge is -2.44. The van der Waals surface area contributed by atoms with Gasteiger partial charge in [-0.1, -0.05) is 126 Å². The molecule has 12 heteroatoms. The number of benzene rings is 3. The van der Waals surface area contributed by atoms with E-state index < -0.39 is 60.8 Å². The van der Waals surface area contributed by atoms with Crippen LogP contribution in [-0.4, -0.2) is 73.3 Å². The van der Waals surface area contributed by atoms with E-state index in [9.17, 15) is 19.2 Å². The second kappa shape index (κ2) is 17.4. The number of cyclic esters (lactones) is 1. The van der Waals surface area contributed by atoms with Crippen LogP contribution in [0.3, 0.4) is 0 Å². The van der Waals surface area contributed by atoms with Crippen molar-refractivity contribution in [2.45, 2.75) is 97.5 Å². The van der Waals surface area contributed by atoms with Gasteiger partial charge in [-0.15, -0.1) is 0 Å². The molecule has 1 fully saturated rings. The fourth-order valence-electron chi connectivity index (χ4n) is 7.75. The first-order valence-corrected chi connectivity index (χ1v) is 22.2. The molecular formula is C46H57N5O6Si. The Bertz CT molecular complexity index is 2110. The Morgan fingerprint density at radius 2 is 1.55 bits per heavy atom. The number of hydrazine groups is 1. The first kappa shape index (κ1) is 42.4. The molecule has 0 spiro atoms. The first-order valence-electron chi connectivity index (χ1n) is 20.2. The Kier molecular flexibility index (Phi) is 12.7. The van der Waals surface area contributed by atoms with Crippen LogP contribution in [0.15, 0.2) is 97.1 Å². The molecule has 306 valence electrons. The number of esters is 1. The normalized spacial score (nSPS) is 22.9. The molecule has 4 atom stereocenters. The number of ether oxygens (including phenoxy) is 1. The van der Waals surface area contributed by atoms with Crippen molar-refractivity contribution in [3.63, 3.8) is 0 Å². The second-order valence-electron chi connectivity index (χ2n) is 17.4. The van der Waals surface area contributed by atoms with Gasteiger partial charge in [0.25, 0.3) is 14.2 Å². The molecule has 3 amide bonds. The number of rotatable bonds is 6. The third kappa shape index (κ3) is 9.09. The van der Waals surface area contributed by atoms with Gasteiger partial charge in [-0.05, 0) is 72.6 Å². The van der Waals surface area contributed by atoms with Crippen LogP contribution < -0.4 is 26.4 Å². The number of nitrogens with one attached hydrogen (secondary N) is 3. The lowest BCUT2D eigenvalue weighted by molar-refractivity contribution is -0.157. The standard InChI is InChI=1S/C46H57N5O6Si/c1-30(2)40-41(52)48-39(29-56-58(45(4,5)6,34-16-11-9-12-17-34)35-18-13-10-14-19-35)42(53)51-27-15-20-37(50-51)43(54)57-31(3)36-24-23-33-22-21-32(28-38(33)47-36)25-26-46(7,8)44(55)49-40/h9-14,16-19,21-26,28,30-31,37,39-40,50H,15,20,27,29H2,1-8H3,(H,48,52)(H,49,55)/b26-25+/t31-,37+,39+,40+/m1/s1. The van der Waals surface area contributed by atoms with Crippen LogP contribution in [0.1, 0.15) is 85.6 Å². The zero-order valence-corrected chi connectivity index (χ0v) is 35.9. The van der Waals surface area contributed by atoms with Crippen LogP contribution in [0.5, 0.6) is 0 Å². The van der Waals surface area contributed by atoms with Crippen molar-refractivity contribution in [3.8, 4) is 0 Å². The summed E-state index contributed by atoms with van der Waals surface area (Å²) in [5.74, 6) is -2.17. The lowest BCUT2D eigenvalue weighted by atomic mass is 9.89. The van der Waals surface area contributed by atoms with Crippen LogP contribution in [0, 0.1) is 11.3 Å². The minimum Gasteiger partial charge on any atom is -0.455 e. The van der Waals surface area contributed by atoms with E-state index in [1.807, 2.05) is 86.7 Å². The molecule has 2 aliphatic rings. The van der Waals surface area contributed by atoms with E-state index in [0.29, 0.717) is 30.6 Å². The van der Waals surface area contributed by atoms with Crippen LogP contribution in [0.4, 0.5) is 0 Å². The Labute approximate surface area is 343 Å². The van der Waals surface area contributed by atoms with Gasteiger partial charge in [0.05, 0.1) is 23.2 Å². The summed E-state index contributed by atoms with van der Waals surface area (Å²) in [5, 5.41) is 9.94. The summed E-state index contributed by atoms with van der Waals surface area (Å²) in [5.41, 5.74) is 4.24. The summed E-state index contributed by atoms with van der Waals surface area (Å²) in [6, 6.07) is 26.8. The van der Waals surface area contributed by atoms with Gasteiger partial charge in [0, 0.05) is 11.9 Å². The highest BCUT2D eigenvalue weighted by Gasteiger charge is 2.51. The van der Waals surface area contributed by atoms with E-state index in [0.717, 1.165) is 21.3 Å². The summed E-state index contributed by atoms with van der Waals surface area (Å²) in [7, 11) is -3.16. The number of amides is 3. The number of aromatic nitrogens is 1. The van der Waals surface area contributed by atoms with Crippen LogP contribution in [0.2, 0.25) is 5.04 Å². The average molecular weight is 804 g/mol. The molecule has 0 unspecified atom stereocenters. The third-order valence-corrected chi connectivity index (χ3v) is 16.2. The monoisotopic (exact) mass is 803 g/mol. The topological polar surface area (TPSA) is 139 Å². The van der Waals surface area contributed by atoms with E-state index in [1.54, 1.807) is 26.8 Å². The first-order chi connectivity index (χ1) is 27.5. The van der Waals surface area contributed by atoms with Crippen molar-refractivity contribution in [3.05, 3.63) is 108 Å². The number of pyridine rings is 1. The average Bonchev–Trinajstić information content (AvgIpc) is 3.20. The maximum absolute atomic E-state index is 14.8. The van der Waals surface area contributed by atoms with Gasteiger partial charge in [-0.25, -0.2) is 10.4 Å². The van der Waals surface area contributed by atoms with Crippen LogP contribution in [-0.2, 0) is 28.3 Å². The molecule has 5 bridgehead atoms. The lowest BCUT2D eigenvalue weighted by Crippen LogP contribution is -2.69. The molecule has 4 aromatic rings. The van der Waals surface area contributed by atoms with Gasteiger partial charge >= 0.3 is 5.97 Å². The van der Waals surface area contributed by atoms with E-state index in [1.165, 1.54) is 5.01 Å². The molecule has 3 N–H and O–H groups in total. The van der Waals surface area contributed by atoms with E-state index in [-0.39, 0.29) is 18.4 Å². The van der Waals surface area contributed by atoms with E-state index >= 15 is 0 Å². The molecule has 0 radical (unpaired) electrons. The van der Waals surface area contributed by atoms with Gasteiger partial charge < -0.3 is 19.8 Å². The van der Waals surface area contributed by atoms with Gasteiger partial charge in [0.15, 0.2) is 0 Å².